The Morgan fingerprint density at radius 2 is 1.83 bits per heavy atom. The van der Waals surface area contributed by atoms with Crippen molar-refractivity contribution in [3.05, 3.63) is 33.3 Å². The van der Waals surface area contributed by atoms with Crippen LogP contribution in [0.15, 0.2) is 10.9 Å². The number of halogens is 2. The molecule has 194 valence electrons. The number of carbonyl (C=O) groups excluding carboxylic acids is 2. The number of aromatic nitrogens is 3. The first-order chi connectivity index (χ1) is 17.0. The lowest BCUT2D eigenvalue weighted by Gasteiger charge is -2.38. The van der Waals surface area contributed by atoms with Gasteiger partial charge in [0.2, 0.25) is 11.8 Å². The highest BCUT2D eigenvalue weighted by Gasteiger charge is 2.50. The predicted octanol–water partition coefficient (Wildman–Crippen LogP) is 2.86. The Morgan fingerprint density at radius 1 is 1.19 bits per heavy atom. The molecule has 9 nitrogen and oxygen atoms in total. The van der Waals surface area contributed by atoms with Crippen LogP contribution in [0.25, 0.3) is 11.7 Å². The zero-order valence-corrected chi connectivity index (χ0v) is 20.6. The molecule has 5 rings (SSSR count). The molecule has 3 aliphatic rings. The minimum Gasteiger partial charge on any atom is -0.494 e. The second-order valence-corrected chi connectivity index (χ2v) is 10.7. The molecular weight excluding hydrogens is 472 g/mol. The molecule has 2 aliphatic heterocycles. The number of aryl methyl sites for hydroxylation is 1. The fourth-order valence-corrected chi connectivity index (χ4v) is 5.52. The number of carbonyl (C=O) groups is 2. The molecule has 36 heavy (non-hydrogen) atoms. The fourth-order valence-electron chi connectivity index (χ4n) is 5.52. The van der Waals surface area contributed by atoms with Crippen molar-refractivity contribution < 1.29 is 23.5 Å². The number of aromatic hydroxyl groups is 1. The average molecular weight is 504 g/mol. The number of nitrogens with zero attached hydrogens (tertiary/aromatic N) is 4. The standard InChI is InChI=1S/C25H31F2N5O4/c1-13(2)12-30-22-18(8-9-19(33)31-16-6-7-17(31)11-25(26,27)10-16)14(3)29-32(22)24(36)20(23(30)35)21(34)28-15-4-5-15/h8-9,13,15-17,35H,4-7,10-12H2,1-3H3,(H,28,34)/b9-8+. The van der Waals surface area contributed by atoms with Crippen LogP contribution >= 0.6 is 0 Å². The van der Waals surface area contributed by atoms with Crippen LogP contribution in [-0.4, -0.2) is 60.1 Å². The van der Waals surface area contributed by atoms with Crippen molar-refractivity contribution in [1.82, 2.24) is 24.4 Å². The first-order valence-electron chi connectivity index (χ1n) is 12.5. The maximum Gasteiger partial charge on any atom is 0.291 e. The number of rotatable bonds is 6. The summed E-state index contributed by atoms with van der Waals surface area (Å²) in [6.45, 7) is 5.83. The summed E-state index contributed by atoms with van der Waals surface area (Å²) in [5.41, 5.74) is 0.0334. The normalized spacial score (nSPS) is 23.2. The van der Waals surface area contributed by atoms with Crippen LogP contribution in [0.2, 0.25) is 0 Å². The van der Waals surface area contributed by atoms with E-state index in [4.69, 9.17) is 0 Å². The number of hydrogen-bond acceptors (Lipinski definition) is 5. The van der Waals surface area contributed by atoms with Crippen LogP contribution in [0.3, 0.4) is 0 Å². The van der Waals surface area contributed by atoms with E-state index in [0.717, 1.165) is 17.4 Å². The Balaban J connectivity index is 1.55. The Bertz CT molecular complexity index is 1310. The van der Waals surface area contributed by atoms with E-state index in [1.165, 1.54) is 16.7 Å². The highest BCUT2D eigenvalue weighted by atomic mass is 19.3. The van der Waals surface area contributed by atoms with Gasteiger partial charge < -0.3 is 15.3 Å². The lowest BCUT2D eigenvalue weighted by molar-refractivity contribution is -0.139. The highest BCUT2D eigenvalue weighted by molar-refractivity contribution is 5.97. The molecule has 2 amide bonds. The molecule has 2 atom stereocenters. The van der Waals surface area contributed by atoms with Crippen LogP contribution in [0, 0.1) is 12.8 Å². The molecule has 2 saturated heterocycles. The van der Waals surface area contributed by atoms with Gasteiger partial charge in [-0.1, -0.05) is 13.8 Å². The molecule has 4 heterocycles. The Kier molecular flexibility index (Phi) is 5.91. The summed E-state index contributed by atoms with van der Waals surface area (Å²) in [6.07, 6.45) is 4.97. The summed E-state index contributed by atoms with van der Waals surface area (Å²) in [7, 11) is 0. The van der Waals surface area contributed by atoms with Crippen molar-refractivity contribution in [1.29, 1.82) is 0 Å². The molecule has 2 aromatic rings. The van der Waals surface area contributed by atoms with Crippen molar-refractivity contribution in [3.63, 3.8) is 0 Å². The zero-order valence-electron chi connectivity index (χ0n) is 20.6. The van der Waals surface area contributed by atoms with Crippen LogP contribution < -0.4 is 10.9 Å². The van der Waals surface area contributed by atoms with E-state index in [9.17, 15) is 28.3 Å². The van der Waals surface area contributed by atoms with E-state index < -0.39 is 35.4 Å². The molecule has 1 aliphatic carbocycles. The summed E-state index contributed by atoms with van der Waals surface area (Å²) in [5.74, 6) is -4.15. The minimum absolute atomic E-state index is 0.000518. The average Bonchev–Trinajstić information content (AvgIpc) is 3.45. The second-order valence-electron chi connectivity index (χ2n) is 10.7. The van der Waals surface area contributed by atoms with E-state index in [0.29, 0.717) is 30.6 Å². The number of hydrogen-bond donors (Lipinski definition) is 2. The second kappa shape index (κ2) is 8.70. The fraction of sp³-hybridized carbons (Fsp3) is 0.600. The van der Waals surface area contributed by atoms with Gasteiger partial charge in [0.05, 0.1) is 5.69 Å². The zero-order chi connectivity index (χ0) is 25.9. The van der Waals surface area contributed by atoms with Gasteiger partial charge in [-0.15, -0.1) is 0 Å². The smallest absolute Gasteiger partial charge is 0.291 e. The van der Waals surface area contributed by atoms with Gasteiger partial charge in [-0.2, -0.15) is 9.61 Å². The summed E-state index contributed by atoms with van der Waals surface area (Å²) in [4.78, 5) is 40.6. The number of amides is 2. The Labute approximate surface area is 206 Å². The van der Waals surface area contributed by atoms with Gasteiger partial charge in [-0.25, -0.2) is 8.78 Å². The lowest BCUT2D eigenvalue weighted by Crippen LogP contribution is -2.49. The maximum atomic E-state index is 14.0. The number of fused-ring (bicyclic) bond motifs is 3. The van der Waals surface area contributed by atoms with Crippen LogP contribution in [0.5, 0.6) is 5.88 Å². The van der Waals surface area contributed by atoms with E-state index in [1.54, 1.807) is 11.8 Å². The molecule has 11 heteroatoms. The molecule has 0 spiro atoms. The lowest BCUT2D eigenvalue weighted by atomic mass is 9.98. The molecule has 2 unspecified atom stereocenters. The largest absolute Gasteiger partial charge is 0.494 e. The molecule has 0 aromatic carbocycles. The molecule has 3 fully saturated rings. The van der Waals surface area contributed by atoms with Crippen molar-refractivity contribution in [2.24, 2.45) is 5.92 Å². The first-order valence-corrected chi connectivity index (χ1v) is 12.5. The third-order valence-corrected chi connectivity index (χ3v) is 7.25. The predicted molar refractivity (Wildman–Crippen MR) is 128 cm³/mol. The van der Waals surface area contributed by atoms with Crippen LogP contribution in [0.1, 0.15) is 74.0 Å². The summed E-state index contributed by atoms with van der Waals surface area (Å²) < 4.78 is 30.5. The van der Waals surface area contributed by atoms with Gasteiger partial charge in [0.15, 0.2) is 5.56 Å². The van der Waals surface area contributed by atoms with E-state index >= 15 is 0 Å². The van der Waals surface area contributed by atoms with Crippen LogP contribution in [0.4, 0.5) is 8.78 Å². The Hall–Kier alpha value is -3.24. The SMILES string of the molecule is Cc1nn2c(=O)c(C(=O)NC3CC3)c(O)n(CC(C)C)c2c1/C=C/C(=O)N1C2CCC1CC(F)(F)C2. The molecule has 2 aromatic heterocycles. The molecule has 2 N–H and O–H groups in total. The van der Waals surface area contributed by atoms with E-state index in [1.807, 2.05) is 13.8 Å². The summed E-state index contributed by atoms with van der Waals surface area (Å²) >= 11 is 0. The Morgan fingerprint density at radius 3 is 2.42 bits per heavy atom. The van der Waals surface area contributed by atoms with E-state index in [-0.39, 0.29) is 41.9 Å². The molecule has 0 radical (unpaired) electrons. The third kappa shape index (κ3) is 4.28. The van der Waals surface area contributed by atoms with Crippen molar-refractivity contribution >= 4 is 23.5 Å². The van der Waals surface area contributed by atoms with Gasteiger partial charge in [0, 0.05) is 49.2 Å². The van der Waals surface area contributed by atoms with Gasteiger partial charge in [0.25, 0.3) is 17.4 Å². The van der Waals surface area contributed by atoms with Gasteiger partial charge in [-0.05, 0) is 44.6 Å². The topological polar surface area (TPSA) is 109 Å². The number of nitrogens with one attached hydrogen (secondary N) is 1. The molecule has 1 saturated carbocycles. The van der Waals surface area contributed by atoms with Crippen molar-refractivity contribution in [2.75, 3.05) is 0 Å². The minimum atomic E-state index is -2.75. The van der Waals surface area contributed by atoms with Crippen LogP contribution in [-0.2, 0) is 11.3 Å². The molecule has 2 bridgehead atoms. The summed E-state index contributed by atoms with van der Waals surface area (Å²) in [6, 6.07) is -0.979. The molecular formula is C25H31F2N5O4. The van der Waals surface area contributed by atoms with Gasteiger partial charge in [0.1, 0.15) is 5.65 Å². The monoisotopic (exact) mass is 503 g/mol. The van der Waals surface area contributed by atoms with Crippen molar-refractivity contribution in [2.45, 2.75) is 89.9 Å². The summed E-state index contributed by atoms with van der Waals surface area (Å²) in [5, 5.41) is 18.1. The number of piperidine rings is 1. The van der Waals surface area contributed by atoms with E-state index in [2.05, 4.69) is 10.4 Å². The van der Waals surface area contributed by atoms with Gasteiger partial charge in [-0.3, -0.25) is 19.0 Å². The van der Waals surface area contributed by atoms with Gasteiger partial charge >= 0.3 is 0 Å². The highest BCUT2D eigenvalue weighted by Crippen LogP contribution is 2.43. The maximum absolute atomic E-state index is 14.0. The third-order valence-electron chi connectivity index (χ3n) is 7.25. The van der Waals surface area contributed by atoms with Crippen molar-refractivity contribution in [3.8, 4) is 5.88 Å². The number of alkyl halides is 2. The quantitative estimate of drug-likeness (QED) is 0.590. The first kappa shape index (κ1) is 24.5.